The molecule has 0 saturated carbocycles. The van der Waals surface area contributed by atoms with E-state index in [-0.39, 0.29) is 24.3 Å². The SMILES string of the molecule is CC(C)C[C@H](N[C@H](CC(C)C)C(=O)OCc1ccccc1)C(=O)N[C@@H](Cc1ccccc1)C(N)=O. The molecule has 3 atom stereocenters. The Hall–Kier alpha value is -3.19. The first-order valence-corrected chi connectivity index (χ1v) is 12.3. The lowest BCUT2D eigenvalue weighted by molar-refractivity contribution is -0.148. The summed E-state index contributed by atoms with van der Waals surface area (Å²) in [5.74, 6) is -0.982. The van der Waals surface area contributed by atoms with Gasteiger partial charge in [0.15, 0.2) is 0 Å². The molecular formula is C28H39N3O4. The van der Waals surface area contributed by atoms with Gasteiger partial charge in [-0.15, -0.1) is 0 Å². The molecule has 2 aromatic rings. The van der Waals surface area contributed by atoms with Gasteiger partial charge in [0.05, 0.1) is 6.04 Å². The Bertz CT molecular complexity index is 932. The fraction of sp³-hybridized carbons (Fsp3) is 0.464. The van der Waals surface area contributed by atoms with E-state index in [0.717, 1.165) is 11.1 Å². The fourth-order valence-electron chi connectivity index (χ4n) is 3.84. The summed E-state index contributed by atoms with van der Waals surface area (Å²) >= 11 is 0. The van der Waals surface area contributed by atoms with Crippen molar-refractivity contribution in [1.29, 1.82) is 0 Å². The Morgan fingerprint density at radius 3 is 1.80 bits per heavy atom. The van der Waals surface area contributed by atoms with Crippen LogP contribution in [0.1, 0.15) is 51.7 Å². The van der Waals surface area contributed by atoms with E-state index in [9.17, 15) is 14.4 Å². The average Bonchev–Trinajstić information content (AvgIpc) is 2.81. The number of ether oxygens (including phenoxy) is 1. The molecule has 0 aliphatic rings. The van der Waals surface area contributed by atoms with Crippen molar-refractivity contribution in [1.82, 2.24) is 10.6 Å². The normalized spacial score (nSPS) is 13.8. The van der Waals surface area contributed by atoms with E-state index >= 15 is 0 Å². The number of nitrogens with one attached hydrogen (secondary N) is 2. The minimum atomic E-state index is -0.852. The largest absolute Gasteiger partial charge is 0.460 e. The van der Waals surface area contributed by atoms with Gasteiger partial charge in [-0.25, -0.2) is 0 Å². The number of esters is 1. The van der Waals surface area contributed by atoms with Crippen molar-refractivity contribution >= 4 is 17.8 Å². The molecule has 0 spiro atoms. The van der Waals surface area contributed by atoms with Crippen LogP contribution in [0.2, 0.25) is 0 Å². The first kappa shape index (κ1) is 28.1. The predicted molar refractivity (Wildman–Crippen MR) is 137 cm³/mol. The maximum absolute atomic E-state index is 13.3. The van der Waals surface area contributed by atoms with Crippen molar-refractivity contribution in [2.75, 3.05) is 0 Å². The highest BCUT2D eigenvalue weighted by Gasteiger charge is 2.30. The van der Waals surface area contributed by atoms with Gasteiger partial charge in [-0.2, -0.15) is 0 Å². The van der Waals surface area contributed by atoms with Crippen LogP contribution < -0.4 is 16.4 Å². The third-order valence-corrected chi connectivity index (χ3v) is 5.58. The molecule has 2 aromatic carbocycles. The summed E-state index contributed by atoms with van der Waals surface area (Å²) in [6.07, 6.45) is 1.30. The monoisotopic (exact) mass is 481 g/mol. The lowest BCUT2D eigenvalue weighted by atomic mass is 9.98. The lowest BCUT2D eigenvalue weighted by Crippen LogP contribution is -2.56. The molecule has 2 rings (SSSR count). The van der Waals surface area contributed by atoms with Crippen LogP contribution in [-0.2, 0) is 32.1 Å². The van der Waals surface area contributed by atoms with Crippen LogP contribution in [0.4, 0.5) is 0 Å². The minimum absolute atomic E-state index is 0.165. The van der Waals surface area contributed by atoms with E-state index in [4.69, 9.17) is 10.5 Å². The first-order valence-electron chi connectivity index (χ1n) is 12.3. The highest BCUT2D eigenvalue weighted by Crippen LogP contribution is 2.13. The van der Waals surface area contributed by atoms with Crippen molar-refractivity contribution in [3.05, 3.63) is 71.8 Å². The van der Waals surface area contributed by atoms with E-state index < -0.39 is 30.0 Å². The van der Waals surface area contributed by atoms with Gasteiger partial charge < -0.3 is 15.8 Å². The maximum Gasteiger partial charge on any atom is 0.323 e. The predicted octanol–water partition coefficient (Wildman–Crippen LogP) is 3.36. The number of benzene rings is 2. The molecule has 0 aliphatic heterocycles. The molecule has 190 valence electrons. The van der Waals surface area contributed by atoms with Crippen LogP contribution in [0.3, 0.4) is 0 Å². The molecule has 0 aliphatic carbocycles. The summed E-state index contributed by atoms with van der Waals surface area (Å²) < 4.78 is 5.57. The van der Waals surface area contributed by atoms with Crippen LogP contribution in [0.25, 0.3) is 0 Å². The van der Waals surface area contributed by atoms with Gasteiger partial charge in [-0.3, -0.25) is 19.7 Å². The summed E-state index contributed by atoms with van der Waals surface area (Å²) in [6.45, 7) is 8.20. The van der Waals surface area contributed by atoms with E-state index in [1.165, 1.54) is 0 Å². The molecular weight excluding hydrogens is 442 g/mol. The minimum Gasteiger partial charge on any atom is -0.460 e. The quantitative estimate of drug-likeness (QED) is 0.358. The van der Waals surface area contributed by atoms with Crippen LogP contribution in [0, 0.1) is 11.8 Å². The molecule has 7 heteroatoms. The summed E-state index contributed by atoms with van der Waals surface area (Å²) in [6, 6.07) is 16.7. The third kappa shape index (κ3) is 10.3. The maximum atomic E-state index is 13.3. The van der Waals surface area contributed by atoms with Crippen molar-refractivity contribution < 1.29 is 19.1 Å². The van der Waals surface area contributed by atoms with Gasteiger partial charge in [-0.1, -0.05) is 88.4 Å². The number of carbonyl (C=O) groups excluding carboxylic acids is 3. The van der Waals surface area contributed by atoms with Crippen molar-refractivity contribution in [2.45, 2.75) is 71.7 Å². The second-order valence-electron chi connectivity index (χ2n) is 9.78. The number of carbonyl (C=O) groups is 3. The second-order valence-corrected chi connectivity index (χ2v) is 9.78. The second kappa shape index (κ2) is 14.3. The van der Waals surface area contributed by atoms with Gasteiger partial charge in [0, 0.05) is 6.42 Å². The number of amides is 2. The Morgan fingerprint density at radius 1 is 0.771 bits per heavy atom. The molecule has 2 amide bonds. The third-order valence-electron chi connectivity index (χ3n) is 5.58. The van der Waals surface area contributed by atoms with E-state index in [1.807, 2.05) is 88.4 Å². The highest BCUT2D eigenvalue weighted by atomic mass is 16.5. The first-order chi connectivity index (χ1) is 16.7. The van der Waals surface area contributed by atoms with Crippen molar-refractivity contribution in [3.63, 3.8) is 0 Å². The zero-order valence-electron chi connectivity index (χ0n) is 21.2. The Labute approximate surface area is 208 Å². The number of hydrogen-bond donors (Lipinski definition) is 3. The molecule has 0 heterocycles. The highest BCUT2D eigenvalue weighted by molar-refractivity contribution is 5.89. The smallest absolute Gasteiger partial charge is 0.323 e. The molecule has 7 nitrogen and oxygen atoms in total. The van der Waals surface area contributed by atoms with Crippen LogP contribution in [0.15, 0.2) is 60.7 Å². The Kier molecular flexibility index (Phi) is 11.4. The van der Waals surface area contributed by atoms with Gasteiger partial charge in [-0.05, 0) is 35.8 Å². The van der Waals surface area contributed by atoms with Crippen molar-refractivity contribution in [2.24, 2.45) is 17.6 Å². The summed E-state index contributed by atoms with van der Waals surface area (Å²) in [5.41, 5.74) is 7.39. The molecule has 0 aromatic heterocycles. The van der Waals surface area contributed by atoms with Gasteiger partial charge >= 0.3 is 5.97 Å². The van der Waals surface area contributed by atoms with Gasteiger partial charge in [0.25, 0.3) is 0 Å². The number of hydrogen-bond acceptors (Lipinski definition) is 5. The van der Waals surface area contributed by atoms with E-state index in [0.29, 0.717) is 19.3 Å². The summed E-state index contributed by atoms with van der Waals surface area (Å²) in [5, 5.41) is 6.02. The van der Waals surface area contributed by atoms with Crippen LogP contribution >= 0.6 is 0 Å². The number of rotatable bonds is 14. The van der Waals surface area contributed by atoms with Crippen LogP contribution in [0.5, 0.6) is 0 Å². The average molecular weight is 482 g/mol. The van der Waals surface area contributed by atoms with E-state index in [1.54, 1.807) is 0 Å². The van der Waals surface area contributed by atoms with Crippen molar-refractivity contribution in [3.8, 4) is 0 Å². The number of nitrogens with two attached hydrogens (primary N) is 1. The molecule has 0 radical (unpaired) electrons. The molecule has 0 fully saturated rings. The van der Waals surface area contributed by atoms with E-state index in [2.05, 4.69) is 10.6 Å². The van der Waals surface area contributed by atoms with Gasteiger partial charge in [0.2, 0.25) is 11.8 Å². The van der Waals surface area contributed by atoms with Crippen LogP contribution in [-0.4, -0.2) is 35.9 Å². The summed E-state index contributed by atoms with van der Waals surface area (Å²) in [4.78, 5) is 38.3. The zero-order valence-corrected chi connectivity index (χ0v) is 21.2. The Balaban J connectivity index is 2.12. The topological polar surface area (TPSA) is 111 Å². The Morgan fingerprint density at radius 2 is 1.29 bits per heavy atom. The zero-order chi connectivity index (χ0) is 25.8. The molecule has 0 unspecified atom stereocenters. The summed E-state index contributed by atoms with van der Waals surface area (Å²) in [7, 11) is 0. The van der Waals surface area contributed by atoms with Gasteiger partial charge in [0.1, 0.15) is 18.7 Å². The molecule has 0 bridgehead atoms. The molecule has 4 N–H and O–H groups in total. The molecule has 35 heavy (non-hydrogen) atoms. The standard InChI is InChI=1S/C28H39N3O4/c1-19(2)15-24(27(33)31-23(26(29)32)17-21-11-7-5-8-12-21)30-25(16-20(3)4)28(34)35-18-22-13-9-6-10-14-22/h5-14,19-20,23-25,30H,15-18H2,1-4H3,(H2,29,32)(H,31,33)/t23-,24-,25+/m0/s1. The molecule has 0 saturated heterocycles. The number of primary amides is 1. The lowest BCUT2D eigenvalue weighted by Gasteiger charge is -2.27. The fourth-order valence-corrected chi connectivity index (χ4v) is 3.84.